The molecule has 0 aliphatic heterocycles. The molecular weight excluding hydrogens is 308 g/mol. The van der Waals surface area contributed by atoms with Crippen LogP contribution in [0.4, 0.5) is 5.69 Å². The van der Waals surface area contributed by atoms with Crippen molar-refractivity contribution in [2.75, 3.05) is 23.8 Å². The molecule has 2 aromatic heterocycles. The normalized spacial score (nSPS) is 11.7. The largest absolute Gasteiger partial charge is 0.398 e. The van der Waals surface area contributed by atoms with Gasteiger partial charge in [-0.15, -0.1) is 11.3 Å². The lowest BCUT2D eigenvalue weighted by Crippen LogP contribution is -2.34. The summed E-state index contributed by atoms with van der Waals surface area (Å²) in [6.45, 7) is 5.97. The highest BCUT2D eigenvalue weighted by Gasteiger charge is 2.18. The van der Waals surface area contributed by atoms with Crippen molar-refractivity contribution >= 4 is 48.2 Å². The highest BCUT2D eigenvalue weighted by Crippen LogP contribution is 2.38. The van der Waals surface area contributed by atoms with E-state index in [0.29, 0.717) is 0 Å². The van der Waals surface area contributed by atoms with Gasteiger partial charge in [-0.3, -0.25) is 14.9 Å². The lowest BCUT2D eigenvalue weighted by Gasteiger charge is -2.22. The molecule has 0 spiro atoms. The molecule has 0 amide bonds. The summed E-state index contributed by atoms with van der Waals surface area (Å²) >= 11 is 1.58. The Morgan fingerprint density at radius 3 is 2.70 bits per heavy atom. The first kappa shape index (κ1) is 14.1. The average Bonchev–Trinajstić information content (AvgIpc) is 2.92. The average molecular weight is 326 g/mol. The molecule has 23 heavy (non-hydrogen) atoms. The van der Waals surface area contributed by atoms with Crippen LogP contribution in [0.5, 0.6) is 0 Å². The van der Waals surface area contributed by atoms with Crippen LogP contribution < -0.4 is 16.2 Å². The Kier molecular flexibility index (Phi) is 3.09. The predicted molar refractivity (Wildman–Crippen MR) is 99.2 cm³/mol. The van der Waals surface area contributed by atoms with Gasteiger partial charge in [0.1, 0.15) is 0 Å². The third-order valence-electron chi connectivity index (χ3n) is 4.32. The molecule has 0 unspecified atom stereocenters. The van der Waals surface area contributed by atoms with Crippen LogP contribution in [0.3, 0.4) is 0 Å². The number of hydrogen-bond donors (Lipinski definition) is 2. The number of fused-ring (bicyclic) bond motifs is 2. The molecule has 0 aliphatic rings. The Bertz CT molecular complexity index is 1080. The number of aromatic amines is 1. The van der Waals surface area contributed by atoms with Gasteiger partial charge in [0.2, 0.25) is 0 Å². The van der Waals surface area contributed by atoms with Crippen molar-refractivity contribution in [1.29, 1.82) is 0 Å². The van der Waals surface area contributed by atoms with Crippen LogP contribution in [0.2, 0.25) is 0 Å². The van der Waals surface area contributed by atoms with Crippen molar-refractivity contribution in [3.63, 3.8) is 0 Å². The number of nitrogen functional groups attached to an aromatic ring is 1. The molecule has 0 bridgehead atoms. The lowest BCUT2D eigenvalue weighted by molar-refractivity contribution is 0.579. The zero-order valence-corrected chi connectivity index (χ0v) is 13.9. The first-order valence-electron chi connectivity index (χ1n) is 7.75. The topological polar surface area (TPSA) is 67.0 Å². The molecule has 2 heterocycles. The van der Waals surface area contributed by atoms with E-state index >= 15 is 0 Å². The molecule has 0 atom stereocenters. The number of nitrogens with zero attached hydrogens (tertiary/aromatic N) is 2. The van der Waals surface area contributed by atoms with Gasteiger partial charge in [0, 0.05) is 28.9 Å². The van der Waals surface area contributed by atoms with Crippen LogP contribution in [0.1, 0.15) is 13.8 Å². The minimum Gasteiger partial charge on any atom is -0.398 e. The van der Waals surface area contributed by atoms with Gasteiger partial charge in [-0.05, 0) is 38.1 Å². The smallest absolute Gasteiger partial charge is 0.189 e. The zero-order chi connectivity index (χ0) is 16.1. The van der Waals surface area contributed by atoms with E-state index in [1.165, 1.54) is 0 Å². The van der Waals surface area contributed by atoms with Crippen LogP contribution in [0.15, 0.2) is 35.1 Å². The third kappa shape index (κ3) is 1.88. The summed E-state index contributed by atoms with van der Waals surface area (Å²) in [7, 11) is 0. The van der Waals surface area contributed by atoms with Crippen LogP contribution >= 0.6 is 11.3 Å². The molecule has 2 aromatic carbocycles. The fourth-order valence-electron chi connectivity index (χ4n) is 3.20. The lowest BCUT2D eigenvalue weighted by atomic mass is 10.1. The van der Waals surface area contributed by atoms with Crippen LogP contribution in [-0.2, 0) is 0 Å². The van der Waals surface area contributed by atoms with E-state index in [1.54, 1.807) is 23.5 Å². The highest BCUT2D eigenvalue weighted by molar-refractivity contribution is 7.25. The molecule has 6 heteroatoms. The van der Waals surface area contributed by atoms with Crippen molar-refractivity contribution in [3.05, 3.63) is 40.6 Å². The fourth-order valence-corrected chi connectivity index (χ4v) is 4.37. The molecule has 4 aromatic rings. The van der Waals surface area contributed by atoms with Gasteiger partial charge in [-0.1, -0.05) is 6.07 Å². The molecular formula is C17H18N4OS. The first-order chi connectivity index (χ1) is 11.2. The number of hydrogen-bond acceptors (Lipinski definition) is 4. The van der Waals surface area contributed by atoms with E-state index in [4.69, 9.17) is 5.73 Å². The SMILES string of the molecule is CCN(CC)n1[nH]c2c3c(=O)cccc3sc3c(N)ccc1c32. The first-order valence-corrected chi connectivity index (χ1v) is 8.57. The van der Waals surface area contributed by atoms with E-state index in [9.17, 15) is 4.79 Å². The number of anilines is 1. The summed E-state index contributed by atoms with van der Waals surface area (Å²) < 4.78 is 1.98. The van der Waals surface area contributed by atoms with Gasteiger partial charge >= 0.3 is 0 Å². The standard InChI is InChI=1S/C17H18N4OS/c1-3-20(4-2)21-11-9-8-10(18)17-14(11)16(19-21)15-12(22)6-5-7-13(15)23-17/h5-9,19H,3-4,18H2,1-2H3. The number of H-pyrrole nitrogens is 1. The Hall–Kier alpha value is -2.47. The Morgan fingerprint density at radius 2 is 1.96 bits per heavy atom. The van der Waals surface area contributed by atoms with Crippen LogP contribution in [0.25, 0.3) is 31.2 Å². The minimum atomic E-state index is 0.0397. The van der Waals surface area contributed by atoms with E-state index < -0.39 is 0 Å². The number of nitrogens with two attached hydrogens (primary N) is 1. The Balaban J connectivity index is 2.28. The number of benzene rings is 2. The van der Waals surface area contributed by atoms with Crippen molar-refractivity contribution in [2.45, 2.75) is 13.8 Å². The third-order valence-corrected chi connectivity index (χ3v) is 5.53. The van der Waals surface area contributed by atoms with Gasteiger partial charge in [-0.25, -0.2) is 0 Å². The van der Waals surface area contributed by atoms with Crippen molar-refractivity contribution in [3.8, 4) is 0 Å². The molecule has 0 saturated carbocycles. The maximum Gasteiger partial charge on any atom is 0.189 e. The summed E-state index contributed by atoms with van der Waals surface area (Å²) in [6.07, 6.45) is 0. The van der Waals surface area contributed by atoms with Gasteiger partial charge in [0.15, 0.2) is 5.43 Å². The maximum atomic E-state index is 12.4. The summed E-state index contributed by atoms with van der Waals surface area (Å²) in [4.78, 5) is 14.5. The summed E-state index contributed by atoms with van der Waals surface area (Å²) in [5, 5.41) is 7.40. The maximum absolute atomic E-state index is 12.4. The Labute approximate surface area is 136 Å². The minimum absolute atomic E-state index is 0.0397. The molecule has 118 valence electrons. The van der Waals surface area contributed by atoms with E-state index in [2.05, 4.69) is 24.0 Å². The predicted octanol–water partition coefficient (Wildman–Crippen LogP) is 3.26. The Morgan fingerprint density at radius 1 is 1.17 bits per heavy atom. The zero-order valence-electron chi connectivity index (χ0n) is 13.1. The van der Waals surface area contributed by atoms with Crippen molar-refractivity contribution in [2.24, 2.45) is 0 Å². The van der Waals surface area contributed by atoms with Gasteiger partial charge < -0.3 is 5.73 Å². The number of aromatic nitrogens is 2. The van der Waals surface area contributed by atoms with Crippen molar-refractivity contribution in [1.82, 2.24) is 9.89 Å². The molecule has 3 N–H and O–H groups in total. The molecule has 0 saturated heterocycles. The number of nitrogens with one attached hydrogen (secondary N) is 1. The monoisotopic (exact) mass is 326 g/mol. The van der Waals surface area contributed by atoms with E-state index in [0.717, 1.165) is 50.0 Å². The van der Waals surface area contributed by atoms with Crippen LogP contribution in [0, 0.1) is 0 Å². The van der Waals surface area contributed by atoms with Gasteiger partial charge in [0.05, 0.1) is 21.1 Å². The summed E-state index contributed by atoms with van der Waals surface area (Å²) in [5.74, 6) is 0. The summed E-state index contributed by atoms with van der Waals surface area (Å²) in [5.41, 5.74) is 8.92. The molecule has 0 fully saturated rings. The summed E-state index contributed by atoms with van der Waals surface area (Å²) in [6, 6.07) is 9.35. The molecule has 0 radical (unpaired) electrons. The second-order valence-corrected chi connectivity index (χ2v) is 6.60. The quantitative estimate of drug-likeness (QED) is 0.448. The highest BCUT2D eigenvalue weighted by atomic mass is 32.1. The fraction of sp³-hybridized carbons (Fsp3) is 0.235. The van der Waals surface area contributed by atoms with Crippen molar-refractivity contribution < 1.29 is 0 Å². The molecule has 4 rings (SSSR count). The number of rotatable bonds is 3. The van der Waals surface area contributed by atoms with E-state index in [1.807, 2.05) is 23.0 Å². The van der Waals surface area contributed by atoms with Gasteiger partial charge in [0.25, 0.3) is 0 Å². The molecule has 5 nitrogen and oxygen atoms in total. The molecule has 0 aliphatic carbocycles. The van der Waals surface area contributed by atoms with Crippen LogP contribution in [-0.4, -0.2) is 23.0 Å². The van der Waals surface area contributed by atoms with Gasteiger partial charge in [-0.2, -0.15) is 4.79 Å². The van der Waals surface area contributed by atoms with E-state index in [-0.39, 0.29) is 5.43 Å². The second-order valence-electron chi connectivity index (χ2n) is 5.55. The second kappa shape index (κ2) is 5.03.